The molecule has 22 heavy (non-hydrogen) atoms. The second-order valence-electron chi connectivity index (χ2n) is 4.54. The highest BCUT2D eigenvalue weighted by molar-refractivity contribution is 7.99. The Morgan fingerprint density at radius 2 is 2.27 bits per heavy atom. The third-order valence-electron chi connectivity index (χ3n) is 2.66. The summed E-state index contributed by atoms with van der Waals surface area (Å²) in [5.41, 5.74) is 0. The molecule has 0 bridgehead atoms. The molecule has 0 spiro atoms. The number of anilines is 1. The van der Waals surface area contributed by atoms with Crippen LogP contribution < -0.4 is 10.1 Å². The molecular weight excluding hydrogens is 324 g/mol. The molecule has 0 aliphatic carbocycles. The SMILES string of the molecule is Cc1cc(NC(=O)CCSCCOc2cccc(Cl)c2)no1. The van der Waals surface area contributed by atoms with E-state index < -0.39 is 0 Å². The van der Waals surface area contributed by atoms with E-state index in [1.54, 1.807) is 36.9 Å². The van der Waals surface area contributed by atoms with Crippen molar-refractivity contribution < 1.29 is 14.1 Å². The van der Waals surface area contributed by atoms with Gasteiger partial charge in [0, 0.05) is 29.0 Å². The van der Waals surface area contributed by atoms with Crippen LogP contribution in [0.25, 0.3) is 0 Å². The number of rotatable bonds is 8. The molecule has 1 aromatic carbocycles. The first-order valence-corrected chi connectivity index (χ1v) is 8.36. The molecule has 1 heterocycles. The molecule has 0 fully saturated rings. The first-order chi connectivity index (χ1) is 10.6. The van der Waals surface area contributed by atoms with Crippen molar-refractivity contribution >= 4 is 35.1 Å². The number of nitrogens with one attached hydrogen (secondary N) is 1. The van der Waals surface area contributed by atoms with Gasteiger partial charge in [-0.2, -0.15) is 11.8 Å². The van der Waals surface area contributed by atoms with E-state index in [1.165, 1.54) is 0 Å². The van der Waals surface area contributed by atoms with Crippen LogP contribution in [0.2, 0.25) is 5.02 Å². The third-order valence-corrected chi connectivity index (χ3v) is 3.84. The van der Waals surface area contributed by atoms with Crippen LogP contribution in [-0.2, 0) is 4.79 Å². The van der Waals surface area contributed by atoms with Crippen molar-refractivity contribution in [3.05, 3.63) is 41.1 Å². The van der Waals surface area contributed by atoms with Gasteiger partial charge >= 0.3 is 0 Å². The fourth-order valence-corrected chi connectivity index (χ4v) is 2.59. The molecule has 7 heteroatoms. The highest BCUT2D eigenvalue weighted by atomic mass is 35.5. The maximum absolute atomic E-state index is 11.7. The number of aromatic nitrogens is 1. The largest absolute Gasteiger partial charge is 0.493 e. The predicted octanol–water partition coefficient (Wildman–Crippen LogP) is 3.78. The summed E-state index contributed by atoms with van der Waals surface area (Å²) in [7, 11) is 0. The molecule has 0 saturated carbocycles. The molecule has 0 saturated heterocycles. The van der Waals surface area contributed by atoms with Crippen LogP contribution in [0.1, 0.15) is 12.2 Å². The van der Waals surface area contributed by atoms with Crippen LogP contribution in [0, 0.1) is 6.92 Å². The van der Waals surface area contributed by atoms with E-state index in [0.29, 0.717) is 29.6 Å². The standard InChI is InChI=1S/C15H17ClN2O3S/c1-11-9-14(18-21-11)17-15(19)5-7-22-8-6-20-13-4-2-3-12(16)10-13/h2-4,9-10H,5-8H2,1H3,(H,17,18,19). The molecule has 2 rings (SSSR count). The second-order valence-corrected chi connectivity index (χ2v) is 6.20. The fourth-order valence-electron chi connectivity index (χ4n) is 1.67. The first kappa shape index (κ1) is 16.7. The summed E-state index contributed by atoms with van der Waals surface area (Å²) < 4.78 is 10.4. The maximum Gasteiger partial charge on any atom is 0.226 e. The number of carbonyl (C=O) groups excluding carboxylic acids is 1. The number of carbonyl (C=O) groups is 1. The Bertz CT molecular complexity index is 618. The van der Waals surface area contributed by atoms with Crippen LogP contribution in [0.4, 0.5) is 5.82 Å². The lowest BCUT2D eigenvalue weighted by molar-refractivity contribution is -0.115. The second kappa shape index (κ2) is 8.70. The third kappa shape index (κ3) is 5.99. The minimum Gasteiger partial charge on any atom is -0.493 e. The molecule has 0 unspecified atom stereocenters. The van der Waals surface area contributed by atoms with E-state index in [9.17, 15) is 4.79 Å². The maximum atomic E-state index is 11.7. The molecule has 1 amide bonds. The van der Waals surface area contributed by atoms with E-state index >= 15 is 0 Å². The van der Waals surface area contributed by atoms with Crippen LogP contribution in [0.3, 0.4) is 0 Å². The number of hydrogen-bond acceptors (Lipinski definition) is 5. The number of aryl methyl sites for hydroxylation is 1. The average Bonchev–Trinajstić information content (AvgIpc) is 2.88. The molecule has 1 N–H and O–H groups in total. The average molecular weight is 341 g/mol. The van der Waals surface area contributed by atoms with Gasteiger partial charge in [0.1, 0.15) is 11.5 Å². The summed E-state index contributed by atoms with van der Waals surface area (Å²) >= 11 is 7.53. The fraction of sp³-hybridized carbons (Fsp3) is 0.333. The summed E-state index contributed by atoms with van der Waals surface area (Å²) in [6.07, 6.45) is 0.424. The predicted molar refractivity (Wildman–Crippen MR) is 88.8 cm³/mol. The Balaban J connectivity index is 1.54. The first-order valence-electron chi connectivity index (χ1n) is 6.83. The van der Waals surface area contributed by atoms with Gasteiger partial charge in [-0.15, -0.1) is 0 Å². The molecule has 2 aromatic rings. The van der Waals surface area contributed by atoms with Crippen LogP contribution in [0.5, 0.6) is 5.75 Å². The van der Waals surface area contributed by atoms with E-state index in [1.807, 2.05) is 12.1 Å². The lowest BCUT2D eigenvalue weighted by atomic mass is 10.3. The van der Waals surface area contributed by atoms with Crippen molar-refractivity contribution in [3.63, 3.8) is 0 Å². The van der Waals surface area contributed by atoms with E-state index in [4.69, 9.17) is 20.9 Å². The highest BCUT2D eigenvalue weighted by Crippen LogP contribution is 2.17. The van der Waals surface area contributed by atoms with Gasteiger partial charge in [-0.3, -0.25) is 4.79 Å². The zero-order valence-corrected chi connectivity index (χ0v) is 13.7. The molecule has 0 aliphatic heterocycles. The number of benzene rings is 1. The summed E-state index contributed by atoms with van der Waals surface area (Å²) in [4.78, 5) is 11.7. The molecule has 5 nitrogen and oxygen atoms in total. The smallest absolute Gasteiger partial charge is 0.226 e. The van der Waals surface area contributed by atoms with Crippen LogP contribution >= 0.6 is 23.4 Å². The van der Waals surface area contributed by atoms with Gasteiger partial charge in [0.2, 0.25) is 5.91 Å². The lowest BCUT2D eigenvalue weighted by Gasteiger charge is -2.06. The summed E-state index contributed by atoms with van der Waals surface area (Å²) in [6.45, 7) is 2.35. The zero-order valence-electron chi connectivity index (χ0n) is 12.2. The normalized spacial score (nSPS) is 10.5. The topological polar surface area (TPSA) is 64.4 Å². The van der Waals surface area contributed by atoms with Gasteiger partial charge in [-0.1, -0.05) is 22.8 Å². The van der Waals surface area contributed by atoms with Gasteiger partial charge in [0.15, 0.2) is 5.82 Å². The number of thioether (sulfide) groups is 1. The van der Waals surface area contributed by atoms with Crippen LogP contribution in [0.15, 0.2) is 34.9 Å². The van der Waals surface area contributed by atoms with E-state index in [-0.39, 0.29) is 5.91 Å². The Morgan fingerprint density at radius 1 is 1.41 bits per heavy atom. The van der Waals surface area contributed by atoms with Crippen molar-refractivity contribution in [3.8, 4) is 5.75 Å². The number of nitrogens with zero attached hydrogens (tertiary/aromatic N) is 1. The summed E-state index contributed by atoms with van der Waals surface area (Å²) in [5, 5.41) is 7.05. The summed E-state index contributed by atoms with van der Waals surface area (Å²) in [5.74, 6) is 3.34. The van der Waals surface area contributed by atoms with Crippen molar-refractivity contribution in [1.29, 1.82) is 0 Å². The van der Waals surface area contributed by atoms with Crippen molar-refractivity contribution in [2.75, 3.05) is 23.4 Å². The number of hydrogen-bond donors (Lipinski definition) is 1. The number of ether oxygens (including phenoxy) is 1. The Hall–Kier alpha value is -1.66. The quantitative estimate of drug-likeness (QED) is 0.741. The highest BCUT2D eigenvalue weighted by Gasteiger charge is 2.05. The van der Waals surface area contributed by atoms with Gasteiger partial charge in [-0.05, 0) is 25.1 Å². The number of amides is 1. The Labute approximate surface area is 138 Å². The van der Waals surface area contributed by atoms with E-state index in [2.05, 4.69) is 10.5 Å². The molecule has 0 atom stereocenters. The van der Waals surface area contributed by atoms with Gasteiger partial charge < -0.3 is 14.6 Å². The van der Waals surface area contributed by atoms with E-state index in [0.717, 1.165) is 17.3 Å². The molecule has 0 radical (unpaired) electrons. The molecular formula is C15H17ClN2O3S. The number of halogens is 1. The molecule has 1 aromatic heterocycles. The minimum absolute atomic E-state index is 0.0726. The molecule has 118 valence electrons. The van der Waals surface area contributed by atoms with Gasteiger partial charge in [0.25, 0.3) is 0 Å². The Morgan fingerprint density at radius 3 is 3.00 bits per heavy atom. The van der Waals surface area contributed by atoms with Gasteiger partial charge in [0.05, 0.1) is 6.61 Å². The zero-order chi connectivity index (χ0) is 15.8. The van der Waals surface area contributed by atoms with Crippen molar-refractivity contribution in [1.82, 2.24) is 5.16 Å². The minimum atomic E-state index is -0.0726. The summed E-state index contributed by atoms with van der Waals surface area (Å²) in [6, 6.07) is 8.98. The van der Waals surface area contributed by atoms with Gasteiger partial charge in [-0.25, -0.2) is 0 Å². The monoisotopic (exact) mass is 340 g/mol. The van der Waals surface area contributed by atoms with Crippen molar-refractivity contribution in [2.45, 2.75) is 13.3 Å². The van der Waals surface area contributed by atoms with Crippen LogP contribution in [-0.4, -0.2) is 29.2 Å². The lowest BCUT2D eigenvalue weighted by Crippen LogP contribution is -2.12. The van der Waals surface area contributed by atoms with Crippen molar-refractivity contribution in [2.24, 2.45) is 0 Å². The Kier molecular flexibility index (Phi) is 6.61. The molecule has 0 aliphatic rings.